The van der Waals surface area contributed by atoms with Gasteiger partial charge in [0, 0.05) is 0 Å². The van der Waals surface area contributed by atoms with Gasteiger partial charge in [-0.3, -0.25) is 0 Å². The Morgan fingerprint density at radius 3 is 2.83 bits per heavy atom. The highest BCUT2D eigenvalue weighted by molar-refractivity contribution is 5.29. The van der Waals surface area contributed by atoms with Crippen LogP contribution < -0.4 is 0 Å². The molecule has 0 heterocycles. The first-order valence-corrected chi connectivity index (χ1v) is 3.77. The van der Waals surface area contributed by atoms with Crippen molar-refractivity contribution >= 4 is 0 Å². The molecule has 0 unspecified atom stereocenters. The summed E-state index contributed by atoms with van der Waals surface area (Å²) in [6, 6.07) is 4.69. The minimum atomic E-state index is -0.276. The van der Waals surface area contributed by atoms with Gasteiger partial charge in [0.05, 0.1) is 6.61 Å². The zero-order chi connectivity index (χ0) is 8.97. The summed E-state index contributed by atoms with van der Waals surface area (Å²) >= 11 is 0. The normalized spacial score (nSPS) is 9.83. The molecule has 64 valence electrons. The molecule has 0 amide bonds. The number of allylic oxidation sites excluding steroid dienone is 1. The Bertz CT molecular complexity index is 281. The van der Waals surface area contributed by atoms with Crippen molar-refractivity contribution in [2.75, 3.05) is 0 Å². The molecule has 0 spiro atoms. The number of rotatable bonds is 3. The van der Waals surface area contributed by atoms with Gasteiger partial charge in [-0.1, -0.05) is 18.2 Å². The monoisotopic (exact) mass is 166 g/mol. The Kier molecular flexibility index (Phi) is 3.00. The van der Waals surface area contributed by atoms with E-state index < -0.39 is 0 Å². The van der Waals surface area contributed by atoms with Crippen LogP contribution in [0.15, 0.2) is 30.9 Å². The van der Waals surface area contributed by atoms with Crippen molar-refractivity contribution in [2.24, 2.45) is 0 Å². The topological polar surface area (TPSA) is 20.2 Å². The van der Waals surface area contributed by atoms with Gasteiger partial charge in [-0.05, 0) is 23.6 Å². The SMILES string of the molecule is C=CCc1c(F)cccc1CO. The Morgan fingerprint density at radius 2 is 2.25 bits per heavy atom. The quantitative estimate of drug-likeness (QED) is 0.681. The first-order valence-electron chi connectivity index (χ1n) is 3.77. The smallest absolute Gasteiger partial charge is 0.127 e. The standard InChI is InChI=1S/C10H11FO/c1-2-4-9-8(7-12)5-3-6-10(9)11/h2-3,5-6,12H,1,4,7H2. The third-order valence-electron chi connectivity index (χ3n) is 1.73. The molecule has 1 nitrogen and oxygen atoms in total. The first kappa shape index (κ1) is 8.94. The molecule has 12 heavy (non-hydrogen) atoms. The minimum Gasteiger partial charge on any atom is -0.392 e. The predicted molar refractivity (Wildman–Crippen MR) is 46.2 cm³/mol. The minimum absolute atomic E-state index is 0.124. The first-order chi connectivity index (χ1) is 5.79. The summed E-state index contributed by atoms with van der Waals surface area (Å²) in [5.41, 5.74) is 1.17. The molecule has 1 aromatic rings. The summed E-state index contributed by atoms with van der Waals surface area (Å²) in [6.07, 6.45) is 2.08. The molecule has 0 saturated heterocycles. The van der Waals surface area contributed by atoms with Crippen molar-refractivity contribution in [3.05, 3.63) is 47.8 Å². The summed E-state index contributed by atoms with van der Waals surface area (Å²) in [7, 11) is 0. The Labute approximate surface area is 71.2 Å². The van der Waals surface area contributed by atoms with E-state index in [-0.39, 0.29) is 12.4 Å². The Balaban J connectivity index is 3.10. The fourth-order valence-electron chi connectivity index (χ4n) is 1.12. The molecule has 1 N–H and O–H groups in total. The summed E-state index contributed by atoms with van der Waals surface area (Å²) < 4.78 is 13.1. The largest absolute Gasteiger partial charge is 0.392 e. The highest BCUT2D eigenvalue weighted by Gasteiger charge is 2.04. The van der Waals surface area contributed by atoms with E-state index in [1.54, 1.807) is 18.2 Å². The second-order valence-electron chi connectivity index (χ2n) is 2.53. The van der Waals surface area contributed by atoms with Gasteiger partial charge in [0.25, 0.3) is 0 Å². The van der Waals surface area contributed by atoms with Crippen LogP contribution in [0.2, 0.25) is 0 Å². The van der Waals surface area contributed by atoms with E-state index in [4.69, 9.17) is 5.11 Å². The molecule has 0 aromatic heterocycles. The summed E-state index contributed by atoms with van der Waals surface area (Å²) in [5, 5.41) is 8.87. The molecular formula is C10H11FO. The molecular weight excluding hydrogens is 155 g/mol. The predicted octanol–water partition coefficient (Wildman–Crippen LogP) is 2.05. The third kappa shape index (κ3) is 1.71. The lowest BCUT2D eigenvalue weighted by Gasteiger charge is -2.05. The summed E-state index contributed by atoms with van der Waals surface area (Å²) in [5.74, 6) is -0.276. The molecule has 0 aliphatic heterocycles. The van der Waals surface area contributed by atoms with Crippen LogP contribution in [0.3, 0.4) is 0 Å². The maximum Gasteiger partial charge on any atom is 0.127 e. The second kappa shape index (κ2) is 4.02. The average molecular weight is 166 g/mol. The molecule has 1 aromatic carbocycles. The van der Waals surface area contributed by atoms with Crippen molar-refractivity contribution in [3.8, 4) is 0 Å². The zero-order valence-corrected chi connectivity index (χ0v) is 6.76. The van der Waals surface area contributed by atoms with Crippen molar-refractivity contribution in [1.29, 1.82) is 0 Å². The van der Waals surface area contributed by atoms with Gasteiger partial charge in [0.2, 0.25) is 0 Å². The van der Waals surface area contributed by atoms with Gasteiger partial charge in [-0.15, -0.1) is 6.58 Å². The van der Waals surface area contributed by atoms with Crippen LogP contribution in [0.5, 0.6) is 0 Å². The average Bonchev–Trinajstić information content (AvgIpc) is 2.09. The zero-order valence-electron chi connectivity index (χ0n) is 6.76. The van der Waals surface area contributed by atoms with Crippen molar-refractivity contribution in [3.63, 3.8) is 0 Å². The van der Waals surface area contributed by atoms with Crippen LogP contribution in [0.1, 0.15) is 11.1 Å². The van der Waals surface area contributed by atoms with Gasteiger partial charge >= 0.3 is 0 Å². The summed E-state index contributed by atoms with van der Waals surface area (Å²) in [6.45, 7) is 3.40. The molecule has 0 fully saturated rings. The molecule has 0 atom stereocenters. The highest BCUT2D eigenvalue weighted by atomic mass is 19.1. The van der Waals surface area contributed by atoms with Gasteiger partial charge in [0.15, 0.2) is 0 Å². The van der Waals surface area contributed by atoms with Crippen LogP contribution in [-0.4, -0.2) is 5.11 Å². The molecule has 1 rings (SSSR count). The van der Waals surface area contributed by atoms with Crippen LogP contribution in [0.4, 0.5) is 4.39 Å². The number of aliphatic hydroxyl groups excluding tert-OH is 1. The Hall–Kier alpha value is -1.15. The third-order valence-corrected chi connectivity index (χ3v) is 1.73. The van der Waals surface area contributed by atoms with E-state index in [0.717, 1.165) is 0 Å². The highest BCUT2D eigenvalue weighted by Crippen LogP contribution is 2.14. The lowest BCUT2D eigenvalue weighted by atomic mass is 10.0. The number of aliphatic hydroxyl groups is 1. The number of benzene rings is 1. The number of hydrogen-bond donors (Lipinski definition) is 1. The second-order valence-corrected chi connectivity index (χ2v) is 2.53. The lowest BCUT2D eigenvalue weighted by molar-refractivity contribution is 0.280. The molecule has 0 saturated carbocycles. The van der Waals surface area contributed by atoms with Gasteiger partial charge in [0.1, 0.15) is 5.82 Å². The van der Waals surface area contributed by atoms with E-state index in [0.29, 0.717) is 17.5 Å². The van der Waals surface area contributed by atoms with Crippen molar-refractivity contribution in [2.45, 2.75) is 13.0 Å². The van der Waals surface area contributed by atoms with E-state index in [1.807, 2.05) is 0 Å². The number of halogens is 1. The maximum atomic E-state index is 13.1. The van der Waals surface area contributed by atoms with Crippen LogP contribution in [0, 0.1) is 5.82 Å². The van der Waals surface area contributed by atoms with Gasteiger partial charge in [-0.2, -0.15) is 0 Å². The number of hydrogen-bond acceptors (Lipinski definition) is 1. The molecule has 2 heteroatoms. The fraction of sp³-hybridized carbons (Fsp3) is 0.200. The van der Waals surface area contributed by atoms with Crippen molar-refractivity contribution in [1.82, 2.24) is 0 Å². The van der Waals surface area contributed by atoms with Crippen LogP contribution in [-0.2, 0) is 13.0 Å². The summed E-state index contributed by atoms with van der Waals surface area (Å²) in [4.78, 5) is 0. The van der Waals surface area contributed by atoms with E-state index >= 15 is 0 Å². The van der Waals surface area contributed by atoms with Crippen LogP contribution >= 0.6 is 0 Å². The lowest BCUT2D eigenvalue weighted by Crippen LogP contribution is -1.96. The maximum absolute atomic E-state index is 13.1. The van der Waals surface area contributed by atoms with Gasteiger partial charge in [-0.25, -0.2) is 4.39 Å². The van der Waals surface area contributed by atoms with Crippen molar-refractivity contribution < 1.29 is 9.50 Å². The molecule has 0 aliphatic carbocycles. The molecule has 0 bridgehead atoms. The van der Waals surface area contributed by atoms with E-state index in [2.05, 4.69) is 6.58 Å². The van der Waals surface area contributed by atoms with E-state index in [1.165, 1.54) is 6.07 Å². The van der Waals surface area contributed by atoms with Gasteiger partial charge < -0.3 is 5.11 Å². The Morgan fingerprint density at radius 1 is 1.50 bits per heavy atom. The van der Waals surface area contributed by atoms with E-state index in [9.17, 15) is 4.39 Å². The molecule has 0 aliphatic rings. The molecule has 0 radical (unpaired) electrons. The van der Waals surface area contributed by atoms with Crippen LogP contribution in [0.25, 0.3) is 0 Å². The fourth-order valence-corrected chi connectivity index (χ4v) is 1.12.